The molecule has 0 bridgehead atoms. The van der Waals surface area contributed by atoms with Gasteiger partial charge >= 0.3 is 0 Å². The molecule has 7 nitrogen and oxygen atoms in total. The first-order valence-electron chi connectivity index (χ1n) is 7.52. The number of benzene rings is 1. The summed E-state index contributed by atoms with van der Waals surface area (Å²) < 4.78 is 5.32. The predicted molar refractivity (Wildman–Crippen MR) is 83.9 cm³/mol. The van der Waals surface area contributed by atoms with E-state index in [2.05, 4.69) is 17.1 Å². The Balaban J connectivity index is 1.93. The maximum atomic E-state index is 11.1. The van der Waals surface area contributed by atoms with Gasteiger partial charge in [-0.25, -0.2) is 0 Å². The summed E-state index contributed by atoms with van der Waals surface area (Å²) in [5.41, 5.74) is 1.16. The van der Waals surface area contributed by atoms with E-state index in [1.165, 1.54) is 6.07 Å². The van der Waals surface area contributed by atoms with Crippen molar-refractivity contribution in [3.63, 3.8) is 0 Å². The van der Waals surface area contributed by atoms with Gasteiger partial charge in [-0.05, 0) is 23.6 Å². The van der Waals surface area contributed by atoms with Crippen LogP contribution in [-0.4, -0.2) is 54.3 Å². The summed E-state index contributed by atoms with van der Waals surface area (Å²) in [6.45, 7) is 6.97. The minimum absolute atomic E-state index is 0.0378. The summed E-state index contributed by atoms with van der Waals surface area (Å²) in [5, 5.41) is 23.4. The molecule has 2 rings (SSSR count). The van der Waals surface area contributed by atoms with Gasteiger partial charge < -0.3 is 15.2 Å². The van der Waals surface area contributed by atoms with Crippen molar-refractivity contribution in [2.45, 2.75) is 13.5 Å². The highest BCUT2D eigenvalue weighted by Crippen LogP contribution is 2.25. The van der Waals surface area contributed by atoms with Gasteiger partial charge in [-0.15, -0.1) is 0 Å². The molecule has 1 aliphatic heterocycles. The fraction of sp³-hybridized carbons (Fsp3) is 0.600. The van der Waals surface area contributed by atoms with Crippen molar-refractivity contribution in [1.82, 2.24) is 4.90 Å². The lowest BCUT2D eigenvalue weighted by molar-refractivity contribution is -0.384. The van der Waals surface area contributed by atoms with Crippen LogP contribution in [0.3, 0.4) is 0 Å². The van der Waals surface area contributed by atoms with E-state index in [1.54, 1.807) is 12.1 Å². The molecule has 1 heterocycles. The van der Waals surface area contributed by atoms with Crippen LogP contribution in [0.5, 0.6) is 0 Å². The van der Waals surface area contributed by atoms with Crippen LogP contribution in [0.15, 0.2) is 18.2 Å². The van der Waals surface area contributed by atoms with E-state index in [9.17, 15) is 10.1 Å². The van der Waals surface area contributed by atoms with E-state index >= 15 is 0 Å². The number of hydrogen-bond acceptors (Lipinski definition) is 6. The number of hydrogen-bond donors (Lipinski definition) is 2. The number of rotatable bonds is 7. The quantitative estimate of drug-likeness (QED) is 0.586. The zero-order valence-corrected chi connectivity index (χ0v) is 12.8. The molecule has 0 amide bonds. The third-order valence-corrected chi connectivity index (χ3v) is 3.75. The van der Waals surface area contributed by atoms with Gasteiger partial charge in [0.15, 0.2) is 0 Å². The standard InChI is InChI=1S/C15H23N3O4/c1-12(10-17-4-6-22-7-5-17)9-16-14-8-13(11-19)2-3-15(14)18(20)21/h2-3,8,12,16,19H,4-7,9-11H2,1H3. The summed E-state index contributed by atoms with van der Waals surface area (Å²) >= 11 is 0. The third-order valence-electron chi connectivity index (χ3n) is 3.75. The van der Waals surface area contributed by atoms with E-state index in [1.807, 2.05) is 0 Å². The zero-order valence-electron chi connectivity index (χ0n) is 12.8. The molecule has 0 spiro atoms. The third kappa shape index (κ3) is 4.66. The molecule has 1 fully saturated rings. The van der Waals surface area contributed by atoms with Crippen molar-refractivity contribution >= 4 is 11.4 Å². The van der Waals surface area contributed by atoms with Crippen LogP contribution in [0, 0.1) is 16.0 Å². The highest BCUT2D eigenvalue weighted by atomic mass is 16.6. The van der Waals surface area contributed by atoms with Gasteiger partial charge in [-0.3, -0.25) is 15.0 Å². The van der Waals surface area contributed by atoms with Crippen molar-refractivity contribution in [2.24, 2.45) is 5.92 Å². The minimum Gasteiger partial charge on any atom is -0.392 e. The molecule has 22 heavy (non-hydrogen) atoms. The average Bonchev–Trinajstić information content (AvgIpc) is 2.53. The fourth-order valence-corrected chi connectivity index (χ4v) is 2.56. The SMILES string of the molecule is CC(CNc1cc(CO)ccc1[N+](=O)[O-])CN1CCOCC1. The number of anilines is 1. The minimum atomic E-state index is -0.407. The van der Waals surface area contributed by atoms with E-state index in [4.69, 9.17) is 9.84 Å². The molecule has 0 saturated carbocycles. The molecule has 1 atom stereocenters. The lowest BCUT2D eigenvalue weighted by Crippen LogP contribution is -2.40. The largest absolute Gasteiger partial charge is 0.392 e. The molecule has 122 valence electrons. The highest BCUT2D eigenvalue weighted by Gasteiger charge is 2.17. The van der Waals surface area contributed by atoms with E-state index in [-0.39, 0.29) is 12.3 Å². The first-order valence-corrected chi connectivity index (χ1v) is 7.52. The average molecular weight is 309 g/mol. The number of aliphatic hydroxyl groups excluding tert-OH is 1. The molecule has 2 N–H and O–H groups in total. The van der Waals surface area contributed by atoms with Crippen molar-refractivity contribution in [1.29, 1.82) is 0 Å². The van der Waals surface area contributed by atoms with Crippen molar-refractivity contribution in [3.05, 3.63) is 33.9 Å². The van der Waals surface area contributed by atoms with Gasteiger partial charge in [0, 0.05) is 32.2 Å². The Labute approximate surface area is 130 Å². The van der Waals surface area contributed by atoms with Crippen LogP contribution >= 0.6 is 0 Å². The molecule has 1 aromatic rings. The Hall–Kier alpha value is -1.70. The molecule has 1 aliphatic rings. The Kier molecular flexibility index (Phi) is 6.11. The lowest BCUT2D eigenvalue weighted by atomic mass is 10.1. The number of morpholine rings is 1. The number of ether oxygens (including phenoxy) is 1. The van der Waals surface area contributed by atoms with Crippen LogP contribution in [0.2, 0.25) is 0 Å². The van der Waals surface area contributed by atoms with Crippen molar-refractivity contribution < 1.29 is 14.8 Å². The first-order chi connectivity index (χ1) is 10.6. The summed E-state index contributed by atoms with van der Waals surface area (Å²) in [5.74, 6) is 0.357. The van der Waals surface area contributed by atoms with Crippen LogP contribution in [0.1, 0.15) is 12.5 Å². The summed E-state index contributed by atoms with van der Waals surface area (Å²) in [6, 6.07) is 4.64. The molecule has 1 unspecified atom stereocenters. The summed E-state index contributed by atoms with van der Waals surface area (Å²) in [6.07, 6.45) is 0. The zero-order chi connectivity index (χ0) is 15.9. The van der Waals surface area contributed by atoms with Gasteiger partial charge in [0.2, 0.25) is 0 Å². The van der Waals surface area contributed by atoms with Crippen LogP contribution in [-0.2, 0) is 11.3 Å². The number of nitrogens with zero attached hydrogens (tertiary/aromatic N) is 2. The Morgan fingerprint density at radius 3 is 2.82 bits per heavy atom. The van der Waals surface area contributed by atoms with Crippen LogP contribution < -0.4 is 5.32 Å². The summed E-state index contributed by atoms with van der Waals surface area (Å²) in [7, 11) is 0. The Bertz CT molecular complexity index is 504. The molecular weight excluding hydrogens is 286 g/mol. The second-order valence-corrected chi connectivity index (χ2v) is 5.67. The molecule has 7 heteroatoms. The van der Waals surface area contributed by atoms with Crippen molar-refractivity contribution in [2.75, 3.05) is 44.7 Å². The fourth-order valence-electron chi connectivity index (χ4n) is 2.56. The lowest BCUT2D eigenvalue weighted by Gasteiger charge is -2.29. The molecule has 0 radical (unpaired) electrons. The van der Waals surface area contributed by atoms with Gasteiger partial charge in [-0.2, -0.15) is 0 Å². The predicted octanol–water partition coefficient (Wildman–Crippen LogP) is 1.47. The van der Waals surface area contributed by atoms with Gasteiger partial charge in [-0.1, -0.05) is 6.92 Å². The highest BCUT2D eigenvalue weighted by molar-refractivity contribution is 5.62. The van der Waals surface area contributed by atoms with Gasteiger partial charge in [0.1, 0.15) is 5.69 Å². The normalized spacial score (nSPS) is 17.2. The number of nitro groups is 1. The number of nitrogens with one attached hydrogen (secondary N) is 1. The van der Waals surface area contributed by atoms with Crippen LogP contribution in [0.25, 0.3) is 0 Å². The van der Waals surface area contributed by atoms with Gasteiger partial charge in [0.25, 0.3) is 5.69 Å². The van der Waals surface area contributed by atoms with E-state index in [0.29, 0.717) is 23.7 Å². The second kappa shape index (κ2) is 8.07. The first kappa shape index (κ1) is 16.7. The monoisotopic (exact) mass is 309 g/mol. The molecule has 0 aliphatic carbocycles. The smallest absolute Gasteiger partial charge is 0.292 e. The maximum absolute atomic E-state index is 11.1. The Morgan fingerprint density at radius 1 is 1.45 bits per heavy atom. The van der Waals surface area contributed by atoms with Crippen LogP contribution in [0.4, 0.5) is 11.4 Å². The number of aliphatic hydroxyl groups is 1. The van der Waals surface area contributed by atoms with Crippen molar-refractivity contribution in [3.8, 4) is 0 Å². The van der Waals surface area contributed by atoms with E-state index in [0.717, 1.165) is 32.8 Å². The second-order valence-electron chi connectivity index (χ2n) is 5.67. The number of nitro benzene ring substituents is 1. The summed E-state index contributed by atoms with van der Waals surface area (Å²) in [4.78, 5) is 13.0. The molecular formula is C15H23N3O4. The maximum Gasteiger partial charge on any atom is 0.292 e. The molecule has 1 aromatic carbocycles. The molecule has 0 aromatic heterocycles. The Morgan fingerprint density at radius 2 is 2.18 bits per heavy atom. The van der Waals surface area contributed by atoms with E-state index < -0.39 is 4.92 Å². The van der Waals surface area contributed by atoms with Gasteiger partial charge in [0.05, 0.1) is 24.7 Å². The molecule has 1 saturated heterocycles. The topological polar surface area (TPSA) is 87.9 Å².